The molecule has 0 fully saturated rings. The molecule has 0 radical (unpaired) electrons. The zero-order valence-electron chi connectivity index (χ0n) is 8.46. The lowest BCUT2D eigenvalue weighted by molar-refractivity contribution is 0.288. The lowest BCUT2D eigenvalue weighted by Gasteiger charge is -2.11. The Labute approximate surface area is 80.4 Å². The van der Waals surface area contributed by atoms with Gasteiger partial charge >= 0.3 is 0 Å². The van der Waals surface area contributed by atoms with Crippen LogP contribution in [-0.4, -0.2) is 11.7 Å². The first-order chi connectivity index (χ1) is 6.25. The fraction of sp³-hybridized carbons (Fsp3) is 0.500. The van der Waals surface area contributed by atoms with Gasteiger partial charge in [-0.15, -0.1) is 0 Å². The minimum absolute atomic E-state index is 0.284. The Bertz CT molecular complexity index is 253. The second-order valence-corrected chi connectivity index (χ2v) is 3.68. The Hall–Kier alpha value is -0.820. The van der Waals surface area contributed by atoms with Crippen molar-refractivity contribution in [3.8, 4) is 0 Å². The summed E-state index contributed by atoms with van der Waals surface area (Å²) in [4.78, 5) is 0. The summed E-state index contributed by atoms with van der Waals surface area (Å²) in [5, 5.41) is 8.76. The van der Waals surface area contributed by atoms with Crippen molar-refractivity contribution >= 4 is 0 Å². The van der Waals surface area contributed by atoms with Gasteiger partial charge in [0.15, 0.2) is 0 Å². The van der Waals surface area contributed by atoms with Crippen LogP contribution in [0.1, 0.15) is 37.3 Å². The summed E-state index contributed by atoms with van der Waals surface area (Å²) in [5.74, 6) is 0.579. The number of hydrogen-bond donors (Lipinski definition) is 1. The van der Waals surface area contributed by atoms with E-state index in [1.54, 1.807) is 0 Å². The van der Waals surface area contributed by atoms with E-state index in [4.69, 9.17) is 5.11 Å². The van der Waals surface area contributed by atoms with Crippen molar-refractivity contribution in [1.82, 2.24) is 0 Å². The topological polar surface area (TPSA) is 20.2 Å². The summed E-state index contributed by atoms with van der Waals surface area (Å²) in [6.45, 7) is 4.70. The molecule has 0 aliphatic rings. The first-order valence-corrected chi connectivity index (χ1v) is 4.94. The summed E-state index contributed by atoms with van der Waals surface area (Å²) in [5.41, 5.74) is 2.79. The van der Waals surface area contributed by atoms with Crippen molar-refractivity contribution in [2.24, 2.45) is 0 Å². The molecular formula is C12H18O. The fourth-order valence-corrected chi connectivity index (χ4v) is 1.59. The van der Waals surface area contributed by atoms with Gasteiger partial charge in [-0.25, -0.2) is 0 Å². The van der Waals surface area contributed by atoms with Crippen LogP contribution in [0, 0.1) is 0 Å². The molecule has 1 aromatic rings. The van der Waals surface area contributed by atoms with Crippen molar-refractivity contribution in [1.29, 1.82) is 0 Å². The molecule has 0 aromatic heterocycles. The summed E-state index contributed by atoms with van der Waals surface area (Å²) >= 11 is 0. The van der Waals surface area contributed by atoms with Crippen molar-refractivity contribution in [3.63, 3.8) is 0 Å². The third-order valence-corrected chi connectivity index (χ3v) is 2.28. The SMILES string of the molecule is CC(C)c1ccccc1CCCO. The number of rotatable bonds is 4. The minimum Gasteiger partial charge on any atom is -0.396 e. The van der Waals surface area contributed by atoms with Crippen LogP contribution in [0.4, 0.5) is 0 Å². The number of hydrogen-bond acceptors (Lipinski definition) is 1. The van der Waals surface area contributed by atoms with E-state index in [0.717, 1.165) is 12.8 Å². The third-order valence-electron chi connectivity index (χ3n) is 2.28. The van der Waals surface area contributed by atoms with Crippen LogP contribution in [0.25, 0.3) is 0 Å². The average Bonchev–Trinajstić information content (AvgIpc) is 2.15. The zero-order valence-corrected chi connectivity index (χ0v) is 8.46. The lowest BCUT2D eigenvalue weighted by atomic mass is 9.95. The third kappa shape index (κ3) is 2.85. The van der Waals surface area contributed by atoms with E-state index in [0.29, 0.717) is 5.92 Å². The quantitative estimate of drug-likeness (QED) is 0.751. The van der Waals surface area contributed by atoms with Gasteiger partial charge in [0.2, 0.25) is 0 Å². The molecule has 1 nitrogen and oxygen atoms in total. The van der Waals surface area contributed by atoms with Gasteiger partial charge in [-0.2, -0.15) is 0 Å². The highest BCUT2D eigenvalue weighted by atomic mass is 16.2. The van der Waals surface area contributed by atoms with Crippen LogP contribution in [0.5, 0.6) is 0 Å². The van der Waals surface area contributed by atoms with Gasteiger partial charge in [-0.05, 0) is 29.9 Å². The Morgan fingerprint density at radius 1 is 1.23 bits per heavy atom. The van der Waals surface area contributed by atoms with Crippen LogP contribution in [-0.2, 0) is 6.42 Å². The van der Waals surface area contributed by atoms with Crippen molar-refractivity contribution < 1.29 is 5.11 Å². The first kappa shape index (κ1) is 10.3. The van der Waals surface area contributed by atoms with Gasteiger partial charge in [0.25, 0.3) is 0 Å². The molecule has 1 rings (SSSR count). The molecule has 72 valence electrons. The number of aliphatic hydroxyl groups excluding tert-OH is 1. The van der Waals surface area contributed by atoms with Crippen LogP contribution in [0.3, 0.4) is 0 Å². The Morgan fingerprint density at radius 2 is 1.92 bits per heavy atom. The van der Waals surface area contributed by atoms with E-state index in [1.807, 2.05) is 0 Å². The van der Waals surface area contributed by atoms with Crippen molar-refractivity contribution in [3.05, 3.63) is 35.4 Å². The standard InChI is InChI=1S/C12H18O/c1-10(2)12-8-4-3-6-11(12)7-5-9-13/h3-4,6,8,10,13H,5,7,9H2,1-2H3. The zero-order chi connectivity index (χ0) is 9.68. The normalized spacial score (nSPS) is 10.8. The van der Waals surface area contributed by atoms with Crippen LogP contribution in [0.2, 0.25) is 0 Å². The molecule has 13 heavy (non-hydrogen) atoms. The molecule has 1 aromatic carbocycles. The Morgan fingerprint density at radius 3 is 2.54 bits per heavy atom. The maximum absolute atomic E-state index is 8.76. The molecule has 1 heteroatoms. The van der Waals surface area contributed by atoms with Gasteiger partial charge < -0.3 is 5.11 Å². The molecule has 0 bridgehead atoms. The van der Waals surface area contributed by atoms with E-state index in [9.17, 15) is 0 Å². The molecule has 0 aliphatic heterocycles. The highest BCUT2D eigenvalue weighted by Crippen LogP contribution is 2.19. The van der Waals surface area contributed by atoms with Crippen LogP contribution in [0.15, 0.2) is 24.3 Å². The largest absolute Gasteiger partial charge is 0.396 e. The van der Waals surface area contributed by atoms with Gasteiger partial charge in [0.1, 0.15) is 0 Å². The van der Waals surface area contributed by atoms with Gasteiger partial charge in [-0.1, -0.05) is 38.1 Å². The number of aryl methyl sites for hydroxylation is 1. The van der Waals surface area contributed by atoms with Crippen molar-refractivity contribution in [2.45, 2.75) is 32.6 Å². The monoisotopic (exact) mass is 178 g/mol. The molecule has 0 atom stereocenters. The predicted octanol–water partition coefficient (Wildman–Crippen LogP) is 2.73. The predicted molar refractivity (Wildman–Crippen MR) is 55.9 cm³/mol. The highest BCUT2D eigenvalue weighted by molar-refractivity contribution is 5.29. The first-order valence-electron chi connectivity index (χ1n) is 4.94. The van der Waals surface area contributed by atoms with E-state index >= 15 is 0 Å². The molecule has 0 saturated heterocycles. The van der Waals surface area contributed by atoms with Gasteiger partial charge in [0, 0.05) is 6.61 Å². The number of benzene rings is 1. The lowest BCUT2D eigenvalue weighted by Crippen LogP contribution is -1.97. The molecule has 0 saturated carbocycles. The smallest absolute Gasteiger partial charge is 0.0434 e. The highest BCUT2D eigenvalue weighted by Gasteiger charge is 2.04. The Balaban J connectivity index is 2.78. The molecule has 0 spiro atoms. The van der Waals surface area contributed by atoms with Gasteiger partial charge in [-0.3, -0.25) is 0 Å². The van der Waals surface area contributed by atoms with E-state index in [1.165, 1.54) is 11.1 Å². The van der Waals surface area contributed by atoms with Crippen molar-refractivity contribution in [2.75, 3.05) is 6.61 Å². The summed E-state index contributed by atoms with van der Waals surface area (Å²) < 4.78 is 0. The molecule has 0 heterocycles. The van der Waals surface area contributed by atoms with Crippen LogP contribution >= 0.6 is 0 Å². The maximum atomic E-state index is 8.76. The van der Waals surface area contributed by atoms with E-state index < -0.39 is 0 Å². The molecular weight excluding hydrogens is 160 g/mol. The second kappa shape index (κ2) is 5.03. The maximum Gasteiger partial charge on any atom is 0.0434 e. The molecule has 0 aliphatic carbocycles. The van der Waals surface area contributed by atoms with E-state index in [2.05, 4.69) is 38.1 Å². The molecule has 0 amide bonds. The summed E-state index contributed by atoms with van der Waals surface area (Å²) in [7, 11) is 0. The Kier molecular flexibility index (Phi) is 3.97. The second-order valence-electron chi connectivity index (χ2n) is 3.68. The van der Waals surface area contributed by atoms with Gasteiger partial charge in [0.05, 0.1) is 0 Å². The van der Waals surface area contributed by atoms with Crippen LogP contribution < -0.4 is 0 Å². The molecule has 1 N–H and O–H groups in total. The molecule has 0 unspecified atom stereocenters. The van der Waals surface area contributed by atoms with E-state index in [-0.39, 0.29) is 6.61 Å². The number of aliphatic hydroxyl groups is 1. The average molecular weight is 178 g/mol. The minimum atomic E-state index is 0.284. The summed E-state index contributed by atoms with van der Waals surface area (Å²) in [6, 6.07) is 8.48. The summed E-state index contributed by atoms with van der Waals surface area (Å²) in [6.07, 6.45) is 1.86. The fourth-order valence-electron chi connectivity index (χ4n) is 1.59.